The number of rotatable bonds is 9. The summed E-state index contributed by atoms with van der Waals surface area (Å²) in [7, 11) is 4.74. The lowest BCUT2D eigenvalue weighted by atomic mass is 10.2. The third-order valence-electron chi connectivity index (χ3n) is 4.40. The number of methoxy groups -OCH3 is 3. The second kappa shape index (κ2) is 10.0. The SMILES string of the molecule is CCn1c(SCC(=O)Nc2ccc(OC)cc2OC)nnc1-c1ccccc1OC. The van der Waals surface area contributed by atoms with Gasteiger partial charge in [0.2, 0.25) is 5.91 Å². The van der Waals surface area contributed by atoms with E-state index in [-0.39, 0.29) is 11.7 Å². The van der Waals surface area contributed by atoms with Gasteiger partial charge in [0.25, 0.3) is 0 Å². The number of ether oxygens (including phenoxy) is 3. The van der Waals surface area contributed by atoms with E-state index in [1.165, 1.54) is 11.8 Å². The molecule has 0 saturated carbocycles. The Balaban J connectivity index is 1.72. The van der Waals surface area contributed by atoms with E-state index in [4.69, 9.17) is 14.2 Å². The molecule has 1 aromatic heterocycles. The highest BCUT2D eigenvalue weighted by Gasteiger charge is 2.17. The van der Waals surface area contributed by atoms with Crippen LogP contribution in [0.15, 0.2) is 47.6 Å². The van der Waals surface area contributed by atoms with Crippen molar-refractivity contribution in [2.75, 3.05) is 32.4 Å². The van der Waals surface area contributed by atoms with Crippen molar-refractivity contribution in [3.05, 3.63) is 42.5 Å². The molecule has 2 aromatic carbocycles. The molecule has 1 N–H and O–H groups in total. The molecule has 0 fully saturated rings. The van der Waals surface area contributed by atoms with Crippen LogP contribution in [0.4, 0.5) is 5.69 Å². The quantitative estimate of drug-likeness (QED) is 0.520. The summed E-state index contributed by atoms with van der Waals surface area (Å²) in [6.45, 7) is 2.67. The summed E-state index contributed by atoms with van der Waals surface area (Å²) in [5.74, 6) is 2.62. The fraction of sp³-hybridized carbons (Fsp3) is 0.286. The van der Waals surface area contributed by atoms with Crippen molar-refractivity contribution in [2.24, 2.45) is 0 Å². The van der Waals surface area contributed by atoms with Gasteiger partial charge in [-0.2, -0.15) is 0 Å². The minimum atomic E-state index is -0.173. The van der Waals surface area contributed by atoms with E-state index in [0.717, 1.165) is 11.3 Å². The molecule has 0 bridgehead atoms. The van der Waals surface area contributed by atoms with Gasteiger partial charge in [0, 0.05) is 12.6 Å². The van der Waals surface area contributed by atoms with Crippen LogP contribution in [0.3, 0.4) is 0 Å². The Bertz CT molecular complexity index is 1020. The number of benzene rings is 2. The maximum atomic E-state index is 12.5. The van der Waals surface area contributed by atoms with Crippen LogP contribution in [0.25, 0.3) is 11.4 Å². The zero-order valence-electron chi connectivity index (χ0n) is 17.3. The van der Waals surface area contributed by atoms with Gasteiger partial charge >= 0.3 is 0 Å². The molecule has 9 heteroatoms. The second-order valence-corrected chi connectivity index (χ2v) is 7.10. The molecule has 0 unspecified atom stereocenters. The van der Waals surface area contributed by atoms with Crippen LogP contribution in [-0.4, -0.2) is 47.8 Å². The summed E-state index contributed by atoms with van der Waals surface area (Å²) in [6, 6.07) is 12.9. The fourth-order valence-electron chi connectivity index (χ4n) is 2.93. The number of amides is 1. The first-order valence-corrected chi connectivity index (χ1v) is 10.3. The summed E-state index contributed by atoms with van der Waals surface area (Å²) in [5, 5.41) is 12.1. The van der Waals surface area contributed by atoms with Gasteiger partial charge < -0.3 is 24.1 Å². The first kappa shape index (κ1) is 21.5. The summed E-state index contributed by atoms with van der Waals surface area (Å²) in [4.78, 5) is 12.5. The minimum Gasteiger partial charge on any atom is -0.497 e. The average Bonchev–Trinajstić information content (AvgIpc) is 3.20. The molecule has 0 aliphatic carbocycles. The van der Waals surface area contributed by atoms with Gasteiger partial charge in [0.05, 0.1) is 38.3 Å². The summed E-state index contributed by atoms with van der Waals surface area (Å²) in [5.41, 5.74) is 1.43. The van der Waals surface area contributed by atoms with Gasteiger partial charge in [0.1, 0.15) is 17.2 Å². The Labute approximate surface area is 179 Å². The zero-order valence-corrected chi connectivity index (χ0v) is 18.2. The Hall–Kier alpha value is -3.20. The van der Waals surface area contributed by atoms with Gasteiger partial charge in [0.15, 0.2) is 11.0 Å². The van der Waals surface area contributed by atoms with Gasteiger partial charge in [-0.05, 0) is 31.2 Å². The Morgan fingerprint density at radius 2 is 1.80 bits per heavy atom. The molecular formula is C21H24N4O4S. The van der Waals surface area contributed by atoms with Gasteiger partial charge in [-0.15, -0.1) is 10.2 Å². The Kier molecular flexibility index (Phi) is 7.18. The predicted molar refractivity (Wildman–Crippen MR) is 117 cm³/mol. The molecule has 0 saturated heterocycles. The molecule has 0 atom stereocenters. The number of hydrogen-bond donors (Lipinski definition) is 1. The monoisotopic (exact) mass is 428 g/mol. The van der Waals surface area contributed by atoms with Crippen molar-refractivity contribution in [1.29, 1.82) is 0 Å². The molecule has 30 heavy (non-hydrogen) atoms. The number of thioether (sulfide) groups is 1. The van der Waals surface area contributed by atoms with Crippen LogP contribution in [0.5, 0.6) is 17.2 Å². The lowest BCUT2D eigenvalue weighted by molar-refractivity contribution is -0.113. The van der Waals surface area contributed by atoms with Crippen molar-refractivity contribution in [2.45, 2.75) is 18.6 Å². The molecule has 0 aliphatic heterocycles. The van der Waals surface area contributed by atoms with E-state index >= 15 is 0 Å². The minimum absolute atomic E-state index is 0.173. The van der Waals surface area contributed by atoms with Crippen LogP contribution in [0.1, 0.15) is 6.92 Å². The second-order valence-electron chi connectivity index (χ2n) is 6.15. The van der Waals surface area contributed by atoms with Gasteiger partial charge in [-0.25, -0.2) is 0 Å². The third kappa shape index (κ3) is 4.68. The van der Waals surface area contributed by atoms with E-state index in [1.54, 1.807) is 39.5 Å². The molecule has 8 nitrogen and oxygen atoms in total. The predicted octanol–water partition coefficient (Wildman–Crippen LogP) is 3.72. The number of hydrogen-bond acceptors (Lipinski definition) is 7. The molecule has 0 radical (unpaired) electrons. The molecular weight excluding hydrogens is 404 g/mol. The molecule has 3 aromatic rings. The maximum Gasteiger partial charge on any atom is 0.234 e. The topological polar surface area (TPSA) is 87.5 Å². The van der Waals surface area contributed by atoms with Crippen LogP contribution < -0.4 is 19.5 Å². The highest BCUT2D eigenvalue weighted by atomic mass is 32.2. The molecule has 1 heterocycles. The number of nitrogens with zero attached hydrogens (tertiary/aromatic N) is 3. The smallest absolute Gasteiger partial charge is 0.234 e. The maximum absolute atomic E-state index is 12.5. The third-order valence-corrected chi connectivity index (χ3v) is 5.36. The first-order chi connectivity index (χ1) is 14.6. The lowest BCUT2D eigenvalue weighted by Crippen LogP contribution is -2.15. The van der Waals surface area contributed by atoms with E-state index in [1.807, 2.05) is 35.8 Å². The summed E-state index contributed by atoms with van der Waals surface area (Å²) >= 11 is 1.32. The molecule has 0 aliphatic rings. The van der Waals surface area contributed by atoms with Crippen molar-refractivity contribution >= 4 is 23.4 Å². The number of anilines is 1. The summed E-state index contributed by atoms with van der Waals surface area (Å²) in [6.07, 6.45) is 0. The van der Waals surface area contributed by atoms with Crippen LogP contribution in [0.2, 0.25) is 0 Å². The molecule has 3 rings (SSSR count). The molecule has 0 spiro atoms. The lowest BCUT2D eigenvalue weighted by Gasteiger charge is -2.12. The fourth-order valence-corrected chi connectivity index (χ4v) is 3.73. The van der Waals surface area contributed by atoms with Crippen molar-refractivity contribution in [3.63, 3.8) is 0 Å². The highest BCUT2D eigenvalue weighted by Crippen LogP contribution is 2.32. The summed E-state index contributed by atoms with van der Waals surface area (Å²) < 4.78 is 17.9. The van der Waals surface area contributed by atoms with E-state index in [0.29, 0.717) is 34.7 Å². The van der Waals surface area contributed by atoms with Crippen LogP contribution in [0, 0.1) is 0 Å². The number of para-hydroxylation sites is 1. The standard InChI is InChI=1S/C21H24N4O4S/c1-5-25-20(15-8-6-7-9-17(15)28-3)23-24-21(25)30-13-19(26)22-16-11-10-14(27-2)12-18(16)29-4/h6-12H,5,13H2,1-4H3,(H,22,26). The van der Waals surface area contributed by atoms with Crippen molar-refractivity contribution < 1.29 is 19.0 Å². The number of carbonyl (C=O) groups excluding carboxylic acids is 1. The number of aromatic nitrogens is 3. The number of nitrogens with one attached hydrogen (secondary N) is 1. The van der Waals surface area contributed by atoms with Crippen molar-refractivity contribution in [3.8, 4) is 28.6 Å². The first-order valence-electron chi connectivity index (χ1n) is 9.32. The van der Waals surface area contributed by atoms with Crippen LogP contribution >= 0.6 is 11.8 Å². The molecule has 1 amide bonds. The van der Waals surface area contributed by atoms with Gasteiger partial charge in [-0.1, -0.05) is 23.9 Å². The zero-order chi connectivity index (χ0) is 21.5. The Morgan fingerprint density at radius 3 is 2.50 bits per heavy atom. The Morgan fingerprint density at radius 1 is 1.03 bits per heavy atom. The van der Waals surface area contributed by atoms with Gasteiger partial charge in [-0.3, -0.25) is 4.79 Å². The normalized spacial score (nSPS) is 10.5. The van der Waals surface area contributed by atoms with E-state index < -0.39 is 0 Å². The number of carbonyl (C=O) groups is 1. The van der Waals surface area contributed by atoms with E-state index in [2.05, 4.69) is 15.5 Å². The van der Waals surface area contributed by atoms with E-state index in [9.17, 15) is 4.79 Å². The largest absolute Gasteiger partial charge is 0.497 e. The molecule has 158 valence electrons. The van der Waals surface area contributed by atoms with Crippen LogP contribution in [-0.2, 0) is 11.3 Å². The average molecular weight is 429 g/mol. The van der Waals surface area contributed by atoms with Crippen molar-refractivity contribution in [1.82, 2.24) is 14.8 Å². The highest BCUT2D eigenvalue weighted by molar-refractivity contribution is 7.99.